The minimum atomic E-state index is 0.0420. The standard InChI is InChI=1S/C11H10N2O2/c1-8(15)13-5-4-9-6-10(12-7-14)2-3-11(9)13/h2-3,6H,4-5H2,1H3. The van der Waals surface area contributed by atoms with Gasteiger partial charge in [-0.05, 0) is 30.2 Å². The molecule has 1 amide bonds. The number of anilines is 1. The molecule has 1 heterocycles. The maximum absolute atomic E-state index is 11.3. The second kappa shape index (κ2) is 3.67. The van der Waals surface area contributed by atoms with Crippen molar-refractivity contribution in [1.82, 2.24) is 0 Å². The Bertz CT molecular complexity index is 462. The zero-order valence-corrected chi connectivity index (χ0v) is 8.36. The van der Waals surface area contributed by atoms with Gasteiger partial charge in [-0.1, -0.05) is 0 Å². The van der Waals surface area contributed by atoms with E-state index >= 15 is 0 Å². The fraction of sp³-hybridized carbons (Fsp3) is 0.273. The summed E-state index contributed by atoms with van der Waals surface area (Å²) in [5.74, 6) is 0.0420. The predicted molar refractivity (Wildman–Crippen MR) is 56.0 cm³/mol. The molecule has 0 atom stereocenters. The summed E-state index contributed by atoms with van der Waals surface area (Å²) in [6.07, 6.45) is 2.32. The first-order valence-corrected chi connectivity index (χ1v) is 4.71. The molecule has 1 aromatic carbocycles. The van der Waals surface area contributed by atoms with E-state index in [0.717, 1.165) is 17.7 Å². The van der Waals surface area contributed by atoms with Crippen molar-refractivity contribution in [2.24, 2.45) is 4.99 Å². The Hall–Kier alpha value is -1.93. The number of aliphatic imine (C=N–C) groups is 1. The molecule has 4 heteroatoms. The highest BCUT2D eigenvalue weighted by Gasteiger charge is 2.21. The summed E-state index contributed by atoms with van der Waals surface area (Å²) in [6.45, 7) is 2.26. The number of amides is 1. The Morgan fingerprint density at radius 3 is 3.00 bits per heavy atom. The third-order valence-electron chi connectivity index (χ3n) is 2.51. The van der Waals surface area contributed by atoms with Crippen LogP contribution in [0.2, 0.25) is 0 Å². The number of hydrogen-bond acceptors (Lipinski definition) is 3. The van der Waals surface area contributed by atoms with E-state index in [4.69, 9.17) is 0 Å². The Morgan fingerprint density at radius 1 is 1.53 bits per heavy atom. The molecule has 0 saturated heterocycles. The van der Waals surface area contributed by atoms with Crippen LogP contribution in [0, 0.1) is 0 Å². The molecule has 0 spiro atoms. The monoisotopic (exact) mass is 202 g/mol. The van der Waals surface area contributed by atoms with E-state index < -0.39 is 0 Å². The highest BCUT2D eigenvalue weighted by molar-refractivity contribution is 5.94. The van der Waals surface area contributed by atoms with Gasteiger partial charge in [0, 0.05) is 19.2 Å². The van der Waals surface area contributed by atoms with Gasteiger partial charge in [-0.25, -0.2) is 4.79 Å². The van der Waals surface area contributed by atoms with Crippen LogP contribution in [0.5, 0.6) is 0 Å². The molecular weight excluding hydrogens is 192 g/mol. The van der Waals surface area contributed by atoms with Crippen LogP contribution in [0.1, 0.15) is 12.5 Å². The Labute approximate surface area is 87.2 Å². The van der Waals surface area contributed by atoms with E-state index in [1.54, 1.807) is 17.9 Å². The van der Waals surface area contributed by atoms with E-state index in [0.29, 0.717) is 12.2 Å². The molecule has 76 valence electrons. The fourth-order valence-corrected chi connectivity index (χ4v) is 1.84. The van der Waals surface area contributed by atoms with Crippen LogP contribution < -0.4 is 4.90 Å². The molecule has 1 aromatic rings. The van der Waals surface area contributed by atoms with Crippen LogP contribution in [0.25, 0.3) is 0 Å². The average Bonchev–Trinajstić information content (AvgIpc) is 2.61. The molecule has 1 aliphatic heterocycles. The highest BCUT2D eigenvalue weighted by Crippen LogP contribution is 2.31. The maximum atomic E-state index is 11.3. The van der Waals surface area contributed by atoms with Crippen molar-refractivity contribution in [1.29, 1.82) is 0 Å². The lowest BCUT2D eigenvalue weighted by Gasteiger charge is -2.14. The number of carbonyl (C=O) groups is 1. The molecule has 2 rings (SSSR count). The van der Waals surface area contributed by atoms with E-state index in [-0.39, 0.29) is 5.91 Å². The van der Waals surface area contributed by atoms with Crippen LogP contribution in [0.3, 0.4) is 0 Å². The number of rotatable bonds is 1. The summed E-state index contributed by atoms with van der Waals surface area (Å²) in [5.41, 5.74) is 2.57. The number of isocyanates is 1. The molecule has 0 aromatic heterocycles. The number of benzene rings is 1. The van der Waals surface area contributed by atoms with Gasteiger partial charge in [0.2, 0.25) is 12.0 Å². The van der Waals surface area contributed by atoms with Gasteiger partial charge < -0.3 is 4.90 Å². The molecule has 15 heavy (non-hydrogen) atoms. The maximum Gasteiger partial charge on any atom is 0.240 e. The summed E-state index contributed by atoms with van der Waals surface area (Å²) in [4.78, 5) is 26.6. The van der Waals surface area contributed by atoms with Gasteiger partial charge in [-0.3, -0.25) is 4.79 Å². The minimum Gasteiger partial charge on any atom is -0.312 e. The average molecular weight is 202 g/mol. The first-order chi connectivity index (χ1) is 7.22. The fourth-order valence-electron chi connectivity index (χ4n) is 1.84. The smallest absolute Gasteiger partial charge is 0.240 e. The van der Waals surface area contributed by atoms with Gasteiger partial charge in [-0.2, -0.15) is 4.99 Å². The molecule has 0 unspecified atom stereocenters. The predicted octanol–water partition coefficient (Wildman–Crippen LogP) is 1.56. The molecule has 1 aliphatic rings. The van der Waals surface area contributed by atoms with Crippen LogP contribution in [-0.2, 0) is 16.0 Å². The van der Waals surface area contributed by atoms with E-state index in [1.165, 1.54) is 6.08 Å². The number of nitrogens with zero attached hydrogens (tertiary/aromatic N) is 2. The molecule has 4 nitrogen and oxygen atoms in total. The quantitative estimate of drug-likeness (QED) is 0.512. The number of fused-ring (bicyclic) bond motifs is 1. The molecule has 0 N–H and O–H groups in total. The summed E-state index contributed by atoms with van der Waals surface area (Å²) in [5, 5.41) is 0. The highest BCUT2D eigenvalue weighted by atomic mass is 16.2. The molecule has 0 bridgehead atoms. The molecule has 0 radical (unpaired) electrons. The van der Waals surface area contributed by atoms with Crippen LogP contribution in [0.4, 0.5) is 11.4 Å². The summed E-state index contributed by atoms with van der Waals surface area (Å²) in [6, 6.07) is 5.36. The molecular formula is C11H10N2O2. The van der Waals surface area contributed by atoms with E-state index in [2.05, 4.69) is 4.99 Å². The zero-order chi connectivity index (χ0) is 10.8. The summed E-state index contributed by atoms with van der Waals surface area (Å²) >= 11 is 0. The van der Waals surface area contributed by atoms with Crippen LogP contribution in [0.15, 0.2) is 23.2 Å². The van der Waals surface area contributed by atoms with Crippen molar-refractivity contribution < 1.29 is 9.59 Å². The van der Waals surface area contributed by atoms with Crippen molar-refractivity contribution in [2.45, 2.75) is 13.3 Å². The van der Waals surface area contributed by atoms with Gasteiger partial charge in [0.15, 0.2) is 0 Å². The third kappa shape index (κ3) is 1.67. The van der Waals surface area contributed by atoms with Crippen molar-refractivity contribution in [3.63, 3.8) is 0 Å². The third-order valence-corrected chi connectivity index (χ3v) is 2.51. The van der Waals surface area contributed by atoms with E-state index in [9.17, 15) is 9.59 Å². The Balaban J connectivity index is 2.41. The van der Waals surface area contributed by atoms with Crippen molar-refractivity contribution in [3.8, 4) is 0 Å². The second-order valence-electron chi connectivity index (χ2n) is 3.44. The number of carbonyl (C=O) groups excluding carboxylic acids is 2. The number of hydrogen-bond donors (Lipinski definition) is 0. The van der Waals surface area contributed by atoms with Crippen molar-refractivity contribution in [2.75, 3.05) is 11.4 Å². The summed E-state index contributed by atoms with van der Waals surface area (Å²) < 4.78 is 0. The van der Waals surface area contributed by atoms with Crippen LogP contribution in [-0.4, -0.2) is 18.5 Å². The van der Waals surface area contributed by atoms with Gasteiger partial charge in [-0.15, -0.1) is 0 Å². The first-order valence-electron chi connectivity index (χ1n) is 4.71. The SMILES string of the molecule is CC(=O)N1CCc2cc(N=C=O)ccc21. The van der Waals surface area contributed by atoms with Crippen molar-refractivity contribution in [3.05, 3.63) is 23.8 Å². The topological polar surface area (TPSA) is 49.7 Å². The zero-order valence-electron chi connectivity index (χ0n) is 8.36. The Morgan fingerprint density at radius 2 is 2.33 bits per heavy atom. The summed E-state index contributed by atoms with van der Waals surface area (Å²) in [7, 11) is 0. The molecule has 0 fully saturated rings. The normalized spacial score (nSPS) is 13.3. The van der Waals surface area contributed by atoms with Crippen LogP contribution >= 0.6 is 0 Å². The van der Waals surface area contributed by atoms with E-state index in [1.807, 2.05) is 12.1 Å². The van der Waals surface area contributed by atoms with Gasteiger partial charge in [0.05, 0.1) is 5.69 Å². The minimum absolute atomic E-state index is 0.0420. The molecule has 0 saturated carbocycles. The lowest BCUT2D eigenvalue weighted by molar-refractivity contribution is -0.116. The largest absolute Gasteiger partial charge is 0.312 e. The van der Waals surface area contributed by atoms with Gasteiger partial charge >= 0.3 is 0 Å². The lowest BCUT2D eigenvalue weighted by Crippen LogP contribution is -2.25. The second-order valence-corrected chi connectivity index (χ2v) is 3.44. The van der Waals surface area contributed by atoms with Crippen molar-refractivity contribution >= 4 is 23.4 Å². The van der Waals surface area contributed by atoms with Gasteiger partial charge in [0.1, 0.15) is 0 Å². The molecule has 0 aliphatic carbocycles. The van der Waals surface area contributed by atoms with Gasteiger partial charge in [0.25, 0.3) is 0 Å². The first kappa shape index (κ1) is 9.62. The Kier molecular flexibility index (Phi) is 2.35. The lowest BCUT2D eigenvalue weighted by atomic mass is 10.1.